The SMILES string of the molecule is CCc1cc(C2=CC(C3=C4C=CCC[C@@H]4[C@@H](C4=CC[C@@H](C)C=C4)c4ccccc43)=CCC2)c2ccc3ccc(C)nc3c2n1. The fraction of sp³-hybridized carbons (Fsp3) is 0.286. The summed E-state index contributed by atoms with van der Waals surface area (Å²) in [6.45, 7) is 6.59. The molecule has 0 fully saturated rings. The van der Waals surface area contributed by atoms with Crippen LogP contribution in [0.15, 0.2) is 114 Å². The summed E-state index contributed by atoms with van der Waals surface area (Å²) >= 11 is 0. The van der Waals surface area contributed by atoms with Crippen LogP contribution in [0.5, 0.6) is 0 Å². The highest BCUT2D eigenvalue weighted by molar-refractivity contribution is 6.07. The van der Waals surface area contributed by atoms with Crippen molar-refractivity contribution in [2.45, 2.75) is 65.2 Å². The topological polar surface area (TPSA) is 25.8 Å². The van der Waals surface area contributed by atoms with Crippen molar-refractivity contribution in [3.05, 3.63) is 142 Å². The molecule has 0 N–H and O–H groups in total. The number of rotatable bonds is 4. The lowest BCUT2D eigenvalue weighted by molar-refractivity contribution is 0.491. The monoisotopic (exact) mass is 572 g/mol. The molecule has 3 atom stereocenters. The predicted octanol–water partition coefficient (Wildman–Crippen LogP) is 10.8. The van der Waals surface area contributed by atoms with Crippen LogP contribution in [0.25, 0.3) is 33.0 Å². The van der Waals surface area contributed by atoms with Crippen LogP contribution in [-0.4, -0.2) is 9.97 Å². The van der Waals surface area contributed by atoms with Crippen LogP contribution in [0.3, 0.4) is 0 Å². The first-order chi connectivity index (χ1) is 21.6. The van der Waals surface area contributed by atoms with E-state index in [-0.39, 0.29) is 0 Å². The number of pyridine rings is 2. The molecule has 0 radical (unpaired) electrons. The summed E-state index contributed by atoms with van der Waals surface area (Å²) in [7, 11) is 0. The highest BCUT2D eigenvalue weighted by Gasteiger charge is 2.37. The Balaban J connectivity index is 1.30. The lowest BCUT2D eigenvalue weighted by Crippen LogP contribution is -2.25. The molecule has 4 aromatic rings. The Morgan fingerprint density at radius 2 is 1.77 bits per heavy atom. The second-order valence-electron chi connectivity index (χ2n) is 13.1. The van der Waals surface area contributed by atoms with Crippen molar-refractivity contribution in [1.82, 2.24) is 9.97 Å². The molecule has 0 bridgehead atoms. The molecule has 218 valence electrons. The molecule has 0 amide bonds. The van der Waals surface area contributed by atoms with Gasteiger partial charge in [-0.1, -0.05) is 98.8 Å². The van der Waals surface area contributed by atoms with Gasteiger partial charge in [0.1, 0.15) is 0 Å². The van der Waals surface area contributed by atoms with E-state index in [2.05, 4.69) is 118 Å². The van der Waals surface area contributed by atoms with Gasteiger partial charge in [0.2, 0.25) is 0 Å². The van der Waals surface area contributed by atoms with Crippen molar-refractivity contribution in [3.8, 4) is 0 Å². The van der Waals surface area contributed by atoms with Crippen molar-refractivity contribution < 1.29 is 0 Å². The number of allylic oxidation sites excluding steroid dienone is 12. The van der Waals surface area contributed by atoms with Gasteiger partial charge in [0.05, 0.1) is 11.0 Å². The van der Waals surface area contributed by atoms with Gasteiger partial charge in [-0.25, -0.2) is 0 Å². The second-order valence-corrected chi connectivity index (χ2v) is 13.1. The number of hydrogen-bond acceptors (Lipinski definition) is 2. The van der Waals surface area contributed by atoms with Gasteiger partial charge in [0.15, 0.2) is 0 Å². The highest BCUT2D eigenvalue weighted by atomic mass is 14.8. The zero-order valence-corrected chi connectivity index (χ0v) is 26.1. The second kappa shape index (κ2) is 11.0. The van der Waals surface area contributed by atoms with Gasteiger partial charge in [-0.3, -0.25) is 9.97 Å². The summed E-state index contributed by atoms with van der Waals surface area (Å²) in [5.41, 5.74) is 15.7. The van der Waals surface area contributed by atoms with Gasteiger partial charge in [-0.15, -0.1) is 0 Å². The molecule has 0 unspecified atom stereocenters. The van der Waals surface area contributed by atoms with Crippen molar-refractivity contribution in [1.29, 1.82) is 0 Å². The minimum Gasteiger partial charge on any atom is -0.251 e. The Bertz CT molecular complexity index is 2010. The third kappa shape index (κ3) is 4.54. The Morgan fingerprint density at radius 1 is 0.886 bits per heavy atom. The maximum Gasteiger partial charge on any atom is 0.0974 e. The standard InChI is InChI=1S/C42H40N2/c1-4-32-25-38(37-23-22-29-21-18-27(3)43-41(29)42(37)44-32)30-10-9-11-31(24-30)40-35-14-7-5-12-33(35)39(28-19-16-26(2)17-20-28)34-13-6-8-15-36(34)40/h5,7-8,11-12,14-16,18-26,34,39H,4,6,9-10,13,17H2,1-3H3/t26-,34-,39-/m0/s1. The van der Waals surface area contributed by atoms with Gasteiger partial charge < -0.3 is 0 Å². The molecule has 0 saturated heterocycles. The molecule has 2 aromatic heterocycles. The van der Waals surface area contributed by atoms with E-state index in [1.165, 1.54) is 56.4 Å². The summed E-state index contributed by atoms with van der Waals surface area (Å²) in [4.78, 5) is 10.1. The Kier molecular flexibility index (Phi) is 6.82. The molecule has 8 rings (SSSR count). The average Bonchev–Trinajstić information content (AvgIpc) is 3.07. The number of hydrogen-bond donors (Lipinski definition) is 0. The Labute approximate surface area is 261 Å². The lowest BCUT2D eigenvalue weighted by atomic mass is 9.63. The molecule has 4 aliphatic carbocycles. The van der Waals surface area contributed by atoms with Crippen molar-refractivity contribution >= 4 is 33.0 Å². The van der Waals surface area contributed by atoms with E-state index >= 15 is 0 Å². The van der Waals surface area contributed by atoms with E-state index in [1.807, 2.05) is 0 Å². The first-order valence-corrected chi connectivity index (χ1v) is 16.6. The molecule has 44 heavy (non-hydrogen) atoms. The first kappa shape index (κ1) is 27.3. The molecule has 4 aliphatic rings. The van der Waals surface area contributed by atoms with Gasteiger partial charge in [0.25, 0.3) is 0 Å². The summed E-state index contributed by atoms with van der Waals surface area (Å²) in [6, 6.07) is 20.3. The van der Waals surface area contributed by atoms with Crippen molar-refractivity contribution in [2.75, 3.05) is 0 Å². The van der Waals surface area contributed by atoms with Gasteiger partial charge >= 0.3 is 0 Å². The number of aryl methyl sites for hydroxylation is 2. The molecule has 0 spiro atoms. The fourth-order valence-electron chi connectivity index (χ4n) is 8.01. The zero-order chi connectivity index (χ0) is 29.8. The highest BCUT2D eigenvalue weighted by Crippen LogP contribution is 2.53. The summed E-state index contributed by atoms with van der Waals surface area (Å²) in [5, 5.41) is 2.36. The molecule has 2 heteroatoms. The molecular formula is C42H40N2. The molecule has 0 aliphatic heterocycles. The maximum atomic E-state index is 5.13. The van der Waals surface area contributed by atoms with Crippen LogP contribution >= 0.6 is 0 Å². The molecule has 2 nitrogen and oxygen atoms in total. The summed E-state index contributed by atoms with van der Waals surface area (Å²) < 4.78 is 0. The predicted molar refractivity (Wildman–Crippen MR) is 185 cm³/mol. The molecular weight excluding hydrogens is 532 g/mol. The quantitative estimate of drug-likeness (QED) is 0.227. The van der Waals surface area contributed by atoms with E-state index in [0.29, 0.717) is 17.8 Å². The number of aromatic nitrogens is 2. The van der Waals surface area contributed by atoms with E-state index in [1.54, 1.807) is 0 Å². The smallest absolute Gasteiger partial charge is 0.0974 e. The number of benzene rings is 2. The average molecular weight is 573 g/mol. The Hall–Kier alpha value is -4.30. The van der Waals surface area contributed by atoms with Crippen LogP contribution in [-0.2, 0) is 6.42 Å². The maximum absolute atomic E-state index is 5.13. The first-order valence-electron chi connectivity index (χ1n) is 16.6. The van der Waals surface area contributed by atoms with Gasteiger partial charge in [-0.2, -0.15) is 0 Å². The van der Waals surface area contributed by atoms with Crippen LogP contribution in [0.2, 0.25) is 0 Å². The van der Waals surface area contributed by atoms with Crippen LogP contribution < -0.4 is 0 Å². The third-order valence-corrected chi connectivity index (χ3v) is 10.2. The van der Waals surface area contributed by atoms with E-state index in [4.69, 9.17) is 9.97 Å². The van der Waals surface area contributed by atoms with E-state index in [0.717, 1.165) is 59.9 Å². The van der Waals surface area contributed by atoms with Crippen molar-refractivity contribution in [2.24, 2.45) is 11.8 Å². The fourth-order valence-corrected chi connectivity index (χ4v) is 8.01. The third-order valence-electron chi connectivity index (χ3n) is 10.2. The largest absolute Gasteiger partial charge is 0.251 e. The van der Waals surface area contributed by atoms with Crippen LogP contribution in [0, 0.1) is 18.8 Å². The van der Waals surface area contributed by atoms with E-state index < -0.39 is 0 Å². The van der Waals surface area contributed by atoms with Crippen LogP contribution in [0.1, 0.15) is 79.9 Å². The number of nitrogens with zero attached hydrogens (tertiary/aromatic N) is 2. The molecule has 2 heterocycles. The molecule has 2 aromatic carbocycles. The van der Waals surface area contributed by atoms with Gasteiger partial charge in [-0.05, 0) is 114 Å². The minimum atomic E-state index is 0.423. The number of fused-ring (bicyclic) bond motifs is 5. The molecule has 0 saturated carbocycles. The summed E-state index contributed by atoms with van der Waals surface area (Å²) in [5.74, 6) is 1.55. The lowest BCUT2D eigenvalue weighted by Gasteiger charge is -2.40. The normalized spacial score (nSPS) is 22.9. The zero-order valence-electron chi connectivity index (χ0n) is 26.1. The van der Waals surface area contributed by atoms with Crippen LogP contribution in [0.4, 0.5) is 0 Å². The Morgan fingerprint density at radius 3 is 2.64 bits per heavy atom. The van der Waals surface area contributed by atoms with E-state index in [9.17, 15) is 0 Å². The minimum absolute atomic E-state index is 0.423. The van der Waals surface area contributed by atoms with Gasteiger partial charge in [0, 0.05) is 28.1 Å². The summed E-state index contributed by atoms with van der Waals surface area (Å²) in [6.07, 6.45) is 23.7. The van der Waals surface area contributed by atoms with Crippen molar-refractivity contribution in [3.63, 3.8) is 0 Å².